The maximum absolute atomic E-state index is 6.00. The molecule has 3 nitrogen and oxygen atoms in total. The van der Waals surface area contributed by atoms with Crippen LogP contribution in [0.3, 0.4) is 0 Å². The zero-order valence-corrected chi connectivity index (χ0v) is 10.9. The Morgan fingerprint density at radius 1 is 1.17 bits per heavy atom. The van der Waals surface area contributed by atoms with Gasteiger partial charge < -0.3 is 10.6 Å². The van der Waals surface area contributed by atoms with E-state index in [4.69, 9.17) is 5.73 Å². The number of benzene rings is 1. The van der Waals surface area contributed by atoms with Crippen LogP contribution in [-0.2, 0) is 6.54 Å². The molecule has 0 saturated carbocycles. The summed E-state index contributed by atoms with van der Waals surface area (Å²) in [5.74, 6) is 0. The summed E-state index contributed by atoms with van der Waals surface area (Å²) >= 11 is 0. The normalized spacial score (nSPS) is 12.2. The second-order valence-corrected chi connectivity index (χ2v) is 4.52. The molecule has 0 saturated heterocycles. The Morgan fingerprint density at radius 2 is 1.89 bits per heavy atom. The summed E-state index contributed by atoms with van der Waals surface area (Å²) in [5, 5.41) is 0. The van der Waals surface area contributed by atoms with Crippen LogP contribution < -0.4 is 10.6 Å². The predicted molar refractivity (Wildman–Crippen MR) is 75.4 cm³/mol. The molecule has 2 N–H and O–H groups in total. The first-order valence-corrected chi connectivity index (χ1v) is 6.14. The summed E-state index contributed by atoms with van der Waals surface area (Å²) in [5.41, 5.74) is 9.39. The molecule has 2 rings (SSSR count). The molecule has 0 spiro atoms. The van der Waals surface area contributed by atoms with Gasteiger partial charge in [-0.15, -0.1) is 0 Å². The largest absolute Gasteiger partial charge is 0.368 e. The monoisotopic (exact) mass is 241 g/mol. The molecule has 1 aromatic carbocycles. The highest BCUT2D eigenvalue weighted by Gasteiger charge is 2.10. The summed E-state index contributed by atoms with van der Waals surface area (Å²) in [6.07, 6.45) is 1.82. The van der Waals surface area contributed by atoms with Gasteiger partial charge in [-0.05, 0) is 30.7 Å². The molecule has 3 heteroatoms. The van der Waals surface area contributed by atoms with Crippen molar-refractivity contribution < 1.29 is 0 Å². The minimum Gasteiger partial charge on any atom is -0.368 e. The lowest BCUT2D eigenvalue weighted by Gasteiger charge is -2.23. The maximum atomic E-state index is 6.00. The van der Waals surface area contributed by atoms with Crippen molar-refractivity contribution in [1.29, 1.82) is 0 Å². The van der Waals surface area contributed by atoms with E-state index in [1.54, 1.807) is 0 Å². The maximum Gasteiger partial charge on any atom is 0.0598 e. The van der Waals surface area contributed by atoms with Crippen molar-refractivity contribution >= 4 is 5.69 Å². The Kier molecular flexibility index (Phi) is 3.95. The number of para-hydroxylation sites is 1. The molecule has 2 aromatic rings. The van der Waals surface area contributed by atoms with Crippen molar-refractivity contribution in [3.05, 3.63) is 59.9 Å². The molecule has 0 radical (unpaired) electrons. The van der Waals surface area contributed by atoms with Crippen LogP contribution in [0.4, 0.5) is 5.69 Å². The smallest absolute Gasteiger partial charge is 0.0598 e. The van der Waals surface area contributed by atoms with Gasteiger partial charge in [-0.1, -0.05) is 24.3 Å². The second kappa shape index (κ2) is 5.65. The molecule has 94 valence electrons. The number of hydrogen-bond acceptors (Lipinski definition) is 3. The van der Waals surface area contributed by atoms with Crippen LogP contribution in [0.1, 0.15) is 24.2 Å². The lowest BCUT2D eigenvalue weighted by atomic mass is 10.1. The first-order valence-electron chi connectivity index (χ1n) is 6.14. The fourth-order valence-electron chi connectivity index (χ4n) is 2.04. The molecule has 0 aliphatic heterocycles. The van der Waals surface area contributed by atoms with Crippen molar-refractivity contribution in [3.8, 4) is 0 Å². The summed E-state index contributed by atoms with van der Waals surface area (Å²) in [4.78, 5) is 6.53. The Balaban J connectivity index is 2.21. The summed E-state index contributed by atoms with van der Waals surface area (Å²) < 4.78 is 0. The Hall–Kier alpha value is -1.87. The summed E-state index contributed by atoms with van der Waals surface area (Å²) in [6, 6.07) is 14.2. The average Bonchev–Trinajstić information content (AvgIpc) is 2.40. The second-order valence-electron chi connectivity index (χ2n) is 4.52. The van der Waals surface area contributed by atoms with Gasteiger partial charge in [0, 0.05) is 25.0 Å². The topological polar surface area (TPSA) is 42.1 Å². The third-order valence-electron chi connectivity index (χ3n) is 2.96. The standard InChI is InChI=1S/C15H19N3/c1-12(16)14-8-3-4-9-15(14)18(2)11-13-7-5-6-10-17-13/h3-10,12H,11,16H2,1-2H3/t12-/m0/s1. The number of pyridine rings is 1. The van der Waals surface area contributed by atoms with Gasteiger partial charge in [0.25, 0.3) is 0 Å². The van der Waals surface area contributed by atoms with Gasteiger partial charge >= 0.3 is 0 Å². The van der Waals surface area contributed by atoms with Gasteiger partial charge in [0.05, 0.1) is 12.2 Å². The van der Waals surface area contributed by atoms with Crippen LogP contribution in [-0.4, -0.2) is 12.0 Å². The zero-order chi connectivity index (χ0) is 13.0. The molecule has 0 amide bonds. The molecule has 0 aliphatic rings. The van der Waals surface area contributed by atoms with E-state index in [2.05, 4.69) is 29.1 Å². The lowest BCUT2D eigenvalue weighted by Crippen LogP contribution is -2.20. The number of hydrogen-bond donors (Lipinski definition) is 1. The Labute approximate surface area is 108 Å². The first-order chi connectivity index (χ1) is 8.68. The highest BCUT2D eigenvalue weighted by Crippen LogP contribution is 2.24. The molecule has 1 heterocycles. The summed E-state index contributed by atoms with van der Waals surface area (Å²) in [6.45, 7) is 2.79. The SMILES string of the molecule is C[C@H](N)c1ccccc1N(C)Cc1ccccn1. The zero-order valence-electron chi connectivity index (χ0n) is 10.9. The van der Waals surface area contributed by atoms with Crippen LogP contribution in [0.25, 0.3) is 0 Å². The van der Waals surface area contributed by atoms with Gasteiger partial charge in [-0.2, -0.15) is 0 Å². The lowest BCUT2D eigenvalue weighted by molar-refractivity contribution is 0.797. The fourth-order valence-corrected chi connectivity index (χ4v) is 2.04. The van der Waals surface area contributed by atoms with E-state index in [1.165, 1.54) is 0 Å². The van der Waals surface area contributed by atoms with Crippen LogP contribution in [0, 0.1) is 0 Å². The third kappa shape index (κ3) is 2.87. The quantitative estimate of drug-likeness (QED) is 0.895. The highest BCUT2D eigenvalue weighted by molar-refractivity contribution is 5.54. The summed E-state index contributed by atoms with van der Waals surface area (Å²) in [7, 11) is 2.07. The van der Waals surface area contributed by atoms with Crippen molar-refractivity contribution in [3.63, 3.8) is 0 Å². The van der Waals surface area contributed by atoms with Crippen LogP contribution in [0.2, 0.25) is 0 Å². The van der Waals surface area contributed by atoms with Gasteiger partial charge in [0.15, 0.2) is 0 Å². The fraction of sp³-hybridized carbons (Fsp3) is 0.267. The molecular formula is C15H19N3. The van der Waals surface area contributed by atoms with Crippen molar-refractivity contribution in [1.82, 2.24) is 4.98 Å². The predicted octanol–water partition coefficient (Wildman–Crippen LogP) is 2.74. The molecule has 0 unspecified atom stereocenters. The first kappa shape index (κ1) is 12.6. The molecule has 0 fully saturated rings. The van der Waals surface area contributed by atoms with Gasteiger partial charge in [0.2, 0.25) is 0 Å². The Morgan fingerprint density at radius 3 is 2.56 bits per heavy atom. The number of anilines is 1. The molecular weight excluding hydrogens is 222 g/mol. The van der Waals surface area contributed by atoms with Gasteiger partial charge in [-0.25, -0.2) is 0 Å². The molecule has 0 bridgehead atoms. The van der Waals surface area contributed by atoms with Crippen LogP contribution in [0.5, 0.6) is 0 Å². The van der Waals surface area contributed by atoms with E-state index in [1.807, 2.05) is 43.5 Å². The molecule has 18 heavy (non-hydrogen) atoms. The van der Waals surface area contributed by atoms with E-state index >= 15 is 0 Å². The van der Waals surface area contributed by atoms with E-state index in [9.17, 15) is 0 Å². The van der Waals surface area contributed by atoms with E-state index in [-0.39, 0.29) is 6.04 Å². The molecule has 1 atom stereocenters. The minimum absolute atomic E-state index is 0.0346. The number of nitrogens with two attached hydrogens (primary N) is 1. The van der Waals surface area contributed by atoms with Gasteiger partial charge in [0.1, 0.15) is 0 Å². The van der Waals surface area contributed by atoms with E-state index in [0.29, 0.717) is 0 Å². The molecule has 0 aliphatic carbocycles. The highest BCUT2D eigenvalue weighted by atomic mass is 15.1. The van der Waals surface area contributed by atoms with Crippen molar-refractivity contribution in [2.75, 3.05) is 11.9 Å². The van der Waals surface area contributed by atoms with Crippen molar-refractivity contribution in [2.45, 2.75) is 19.5 Å². The minimum atomic E-state index is 0.0346. The van der Waals surface area contributed by atoms with E-state index in [0.717, 1.165) is 23.5 Å². The Bertz CT molecular complexity index is 494. The number of nitrogens with zero attached hydrogens (tertiary/aromatic N) is 2. The van der Waals surface area contributed by atoms with Crippen molar-refractivity contribution in [2.24, 2.45) is 5.73 Å². The van der Waals surface area contributed by atoms with Crippen LogP contribution in [0.15, 0.2) is 48.7 Å². The van der Waals surface area contributed by atoms with Crippen LogP contribution >= 0.6 is 0 Å². The van der Waals surface area contributed by atoms with E-state index < -0.39 is 0 Å². The van der Waals surface area contributed by atoms with Gasteiger partial charge in [-0.3, -0.25) is 4.98 Å². The average molecular weight is 241 g/mol. The molecule has 1 aromatic heterocycles. The number of aromatic nitrogens is 1. The third-order valence-corrected chi connectivity index (χ3v) is 2.96. The number of rotatable bonds is 4.